The van der Waals surface area contributed by atoms with Crippen molar-refractivity contribution in [3.8, 4) is 0 Å². The second kappa shape index (κ2) is 8.92. The van der Waals surface area contributed by atoms with Crippen LogP contribution in [0.3, 0.4) is 0 Å². The van der Waals surface area contributed by atoms with Crippen molar-refractivity contribution in [2.45, 2.75) is 26.3 Å². The van der Waals surface area contributed by atoms with Gasteiger partial charge in [0.2, 0.25) is 0 Å². The van der Waals surface area contributed by atoms with Crippen LogP contribution in [0.15, 0.2) is 35.5 Å². The van der Waals surface area contributed by atoms with Gasteiger partial charge in [-0.25, -0.2) is 9.18 Å². The molecular formula is C18H23FN2O3S. The number of nitrogens with zero attached hydrogens (tertiary/aromatic N) is 1. The Bertz CT molecular complexity index is 678. The largest absolute Gasteiger partial charge is 0.466 e. The lowest BCUT2D eigenvalue weighted by atomic mass is 9.95. The van der Waals surface area contributed by atoms with Gasteiger partial charge in [0.1, 0.15) is 5.82 Å². The Labute approximate surface area is 152 Å². The highest BCUT2D eigenvalue weighted by atomic mass is 32.1. The molecule has 5 nitrogen and oxygen atoms in total. The topological polar surface area (TPSA) is 50.8 Å². The molecule has 1 heterocycles. The maximum absolute atomic E-state index is 13.6. The molecule has 0 fully saturated rings. The molecule has 1 aliphatic rings. The molecule has 25 heavy (non-hydrogen) atoms. The average Bonchev–Trinajstić information content (AvgIpc) is 2.60. The smallest absolute Gasteiger partial charge is 0.337 e. The van der Waals surface area contributed by atoms with E-state index in [1.54, 1.807) is 12.1 Å². The van der Waals surface area contributed by atoms with Crippen LogP contribution in [0.4, 0.5) is 4.39 Å². The van der Waals surface area contributed by atoms with Crippen LogP contribution in [0.1, 0.15) is 31.9 Å². The van der Waals surface area contributed by atoms with Crippen LogP contribution < -0.4 is 5.32 Å². The third-order valence-electron chi connectivity index (χ3n) is 4.06. The quantitative estimate of drug-likeness (QED) is 0.455. The lowest BCUT2D eigenvalue weighted by Gasteiger charge is -2.37. The minimum absolute atomic E-state index is 0.369. The Hall–Kier alpha value is -1.99. The number of carbonyl (C=O) groups is 1. The van der Waals surface area contributed by atoms with E-state index in [2.05, 4.69) is 5.32 Å². The summed E-state index contributed by atoms with van der Waals surface area (Å²) in [4.78, 5) is 14.2. The van der Waals surface area contributed by atoms with E-state index in [1.165, 1.54) is 19.2 Å². The predicted molar refractivity (Wildman–Crippen MR) is 97.4 cm³/mol. The van der Waals surface area contributed by atoms with E-state index in [1.807, 2.05) is 18.7 Å². The number of hydrogen-bond donors (Lipinski definition) is 1. The molecule has 136 valence electrons. The van der Waals surface area contributed by atoms with Gasteiger partial charge in [-0.3, -0.25) is 0 Å². The van der Waals surface area contributed by atoms with E-state index in [4.69, 9.17) is 21.7 Å². The van der Waals surface area contributed by atoms with Crippen LogP contribution in [0.5, 0.6) is 0 Å². The molecule has 0 radical (unpaired) electrons. The van der Waals surface area contributed by atoms with Gasteiger partial charge in [-0.05, 0) is 50.2 Å². The Morgan fingerprint density at radius 1 is 1.44 bits per heavy atom. The molecule has 0 aromatic heterocycles. The second-order valence-corrected chi connectivity index (χ2v) is 6.02. The molecule has 0 bridgehead atoms. The average molecular weight is 366 g/mol. The molecule has 1 atom stereocenters. The molecule has 0 amide bonds. The molecule has 0 saturated heterocycles. The van der Waals surface area contributed by atoms with Crippen LogP contribution >= 0.6 is 12.2 Å². The van der Waals surface area contributed by atoms with Crippen LogP contribution in [-0.4, -0.2) is 42.8 Å². The minimum atomic E-state index is -0.543. The zero-order chi connectivity index (χ0) is 18.4. The molecule has 0 saturated carbocycles. The Morgan fingerprint density at radius 3 is 2.84 bits per heavy atom. The molecule has 1 N–H and O–H groups in total. The Kier molecular flexibility index (Phi) is 6.90. The van der Waals surface area contributed by atoms with Gasteiger partial charge in [-0.15, -0.1) is 0 Å². The number of allylic oxidation sites excluding steroid dienone is 1. The van der Waals surface area contributed by atoms with Gasteiger partial charge in [0.05, 0.1) is 18.7 Å². The summed E-state index contributed by atoms with van der Waals surface area (Å²) in [5.74, 6) is -0.831. The summed E-state index contributed by atoms with van der Waals surface area (Å²) in [6, 6.07) is 5.57. The molecule has 1 aromatic carbocycles. The minimum Gasteiger partial charge on any atom is -0.466 e. The number of esters is 1. The molecule has 2 rings (SSSR count). The fourth-order valence-electron chi connectivity index (χ4n) is 2.83. The van der Waals surface area contributed by atoms with Crippen molar-refractivity contribution in [2.24, 2.45) is 0 Å². The van der Waals surface area contributed by atoms with E-state index >= 15 is 0 Å². The van der Waals surface area contributed by atoms with E-state index in [-0.39, 0.29) is 5.82 Å². The van der Waals surface area contributed by atoms with E-state index in [0.29, 0.717) is 41.7 Å². The number of nitrogens with one attached hydrogen (secondary N) is 1. The number of ether oxygens (including phenoxy) is 2. The lowest BCUT2D eigenvalue weighted by Crippen LogP contribution is -2.48. The standard InChI is InChI=1S/C18H23FN2O3S/c1-4-24-10-6-9-21-12(2)15(17(22)23-3)16(20-18(21)25)13-7-5-8-14(19)11-13/h5,7-8,11,16H,4,6,9-10H2,1-3H3,(H,20,25)/t16-/m0/s1. The third-order valence-corrected chi connectivity index (χ3v) is 4.40. The first-order valence-electron chi connectivity index (χ1n) is 8.19. The van der Waals surface area contributed by atoms with Crippen molar-refractivity contribution in [3.63, 3.8) is 0 Å². The molecule has 0 unspecified atom stereocenters. The molecule has 0 spiro atoms. The van der Waals surface area contributed by atoms with Gasteiger partial charge in [-0.2, -0.15) is 0 Å². The van der Waals surface area contributed by atoms with Gasteiger partial charge in [0.25, 0.3) is 0 Å². The fourth-order valence-corrected chi connectivity index (χ4v) is 3.18. The van der Waals surface area contributed by atoms with Gasteiger partial charge in [0.15, 0.2) is 5.11 Å². The Morgan fingerprint density at radius 2 is 2.20 bits per heavy atom. The maximum Gasteiger partial charge on any atom is 0.337 e. The monoisotopic (exact) mass is 366 g/mol. The number of rotatable bonds is 7. The van der Waals surface area contributed by atoms with Crippen molar-refractivity contribution in [1.82, 2.24) is 10.2 Å². The van der Waals surface area contributed by atoms with Crippen LogP contribution in [-0.2, 0) is 14.3 Å². The van der Waals surface area contributed by atoms with Crippen LogP contribution in [0, 0.1) is 5.82 Å². The first-order chi connectivity index (χ1) is 12.0. The number of thiocarbonyl (C=S) groups is 1. The first kappa shape index (κ1) is 19.3. The van der Waals surface area contributed by atoms with Crippen LogP contribution in [0.2, 0.25) is 0 Å². The molecule has 0 aliphatic carbocycles. The molecule has 7 heteroatoms. The highest BCUT2D eigenvalue weighted by Crippen LogP contribution is 2.31. The van der Waals surface area contributed by atoms with Gasteiger partial charge >= 0.3 is 5.97 Å². The summed E-state index contributed by atoms with van der Waals surface area (Å²) < 4.78 is 23.9. The lowest BCUT2D eigenvalue weighted by molar-refractivity contribution is -0.136. The Balaban J connectivity index is 2.34. The number of methoxy groups -OCH3 is 1. The van der Waals surface area contributed by atoms with Crippen molar-refractivity contribution in [1.29, 1.82) is 0 Å². The highest BCUT2D eigenvalue weighted by molar-refractivity contribution is 7.80. The summed E-state index contributed by atoms with van der Waals surface area (Å²) in [5.41, 5.74) is 1.76. The van der Waals surface area contributed by atoms with Crippen molar-refractivity contribution < 1.29 is 18.7 Å². The number of hydrogen-bond acceptors (Lipinski definition) is 4. The van der Waals surface area contributed by atoms with E-state index in [0.717, 1.165) is 6.42 Å². The van der Waals surface area contributed by atoms with Crippen molar-refractivity contribution in [3.05, 3.63) is 46.9 Å². The third kappa shape index (κ3) is 4.55. The number of halogens is 1. The summed E-state index contributed by atoms with van der Waals surface area (Å²) in [6.45, 7) is 5.66. The van der Waals surface area contributed by atoms with Gasteiger partial charge in [0, 0.05) is 25.5 Å². The summed E-state index contributed by atoms with van der Waals surface area (Å²) in [7, 11) is 1.33. The number of carbonyl (C=O) groups excluding carboxylic acids is 1. The molecule has 1 aliphatic heterocycles. The van der Waals surface area contributed by atoms with Gasteiger partial charge in [-0.1, -0.05) is 12.1 Å². The second-order valence-electron chi connectivity index (χ2n) is 5.63. The van der Waals surface area contributed by atoms with Crippen LogP contribution in [0.25, 0.3) is 0 Å². The maximum atomic E-state index is 13.6. The summed E-state index contributed by atoms with van der Waals surface area (Å²) in [6.07, 6.45) is 0.770. The first-order valence-corrected chi connectivity index (χ1v) is 8.60. The summed E-state index contributed by atoms with van der Waals surface area (Å²) >= 11 is 5.46. The fraction of sp³-hybridized carbons (Fsp3) is 0.444. The van der Waals surface area contributed by atoms with Crippen molar-refractivity contribution in [2.75, 3.05) is 26.9 Å². The normalized spacial score (nSPS) is 17.5. The van der Waals surface area contributed by atoms with E-state index < -0.39 is 12.0 Å². The SMILES string of the molecule is CCOCCCN1C(=S)N[C@@H](c2cccc(F)c2)C(C(=O)OC)=C1C. The highest BCUT2D eigenvalue weighted by Gasteiger charge is 2.34. The van der Waals surface area contributed by atoms with E-state index in [9.17, 15) is 9.18 Å². The summed E-state index contributed by atoms with van der Waals surface area (Å²) in [5, 5.41) is 3.63. The van der Waals surface area contributed by atoms with Gasteiger partial charge < -0.3 is 19.7 Å². The number of benzene rings is 1. The predicted octanol–water partition coefficient (Wildman–Crippen LogP) is 2.93. The molecule has 1 aromatic rings. The molecular weight excluding hydrogens is 343 g/mol. The van der Waals surface area contributed by atoms with Crippen molar-refractivity contribution >= 4 is 23.3 Å². The zero-order valence-corrected chi connectivity index (χ0v) is 15.5. The zero-order valence-electron chi connectivity index (χ0n) is 14.7.